The highest BCUT2D eigenvalue weighted by Crippen LogP contribution is 2.26. The average Bonchev–Trinajstić information content (AvgIpc) is 1.93. The summed E-state index contributed by atoms with van der Waals surface area (Å²) < 4.78 is 0. The Hall–Kier alpha value is -0.470. The molecule has 0 aliphatic carbocycles. The first-order valence-electron chi connectivity index (χ1n) is 3.13. The van der Waals surface area contributed by atoms with Crippen molar-refractivity contribution in [3.05, 3.63) is 29.3 Å². The van der Waals surface area contributed by atoms with Crippen molar-refractivity contribution in [3.8, 4) is 0 Å². The van der Waals surface area contributed by atoms with Crippen molar-refractivity contribution in [2.75, 3.05) is 0 Å². The van der Waals surface area contributed by atoms with Crippen LogP contribution < -0.4 is 0 Å². The molecule has 0 saturated carbocycles. The van der Waals surface area contributed by atoms with Crippen molar-refractivity contribution >= 4 is 28.5 Å². The quantitative estimate of drug-likeness (QED) is 0.628. The van der Waals surface area contributed by atoms with Crippen LogP contribution in [0.15, 0.2) is 29.2 Å². The molecule has 0 fully saturated rings. The molecule has 0 radical (unpaired) electrons. The van der Waals surface area contributed by atoms with Gasteiger partial charge in [-0.1, -0.05) is 35.5 Å². The van der Waals surface area contributed by atoms with Crippen LogP contribution in [0.1, 0.15) is 6.92 Å². The molecule has 0 spiro atoms. The fourth-order valence-corrected chi connectivity index (χ4v) is 1.56. The number of benzene rings is 1. The minimum atomic E-state index is 0.0538. The maximum absolute atomic E-state index is 10.7. The van der Waals surface area contributed by atoms with Gasteiger partial charge in [0.1, 0.15) is 0 Å². The zero-order valence-electron chi connectivity index (χ0n) is 6.00. The van der Waals surface area contributed by atoms with Crippen LogP contribution >= 0.6 is 23.4 Å². The summed E-state index contributed by atoms with van der Waals surface area (Å²) in [5.41, 5.74) is 0. The maximum Gasteiger partial charge on any atom is 0.190 e. The van der Waals surface area contributed by atoms with E-state index in [1.54, 1.807) is 6.07 Å². The molecule has 0 aliphatic rings. The van der Waals surface area contributed by atoms with Crippen molar-refractivity contribution in [2.45, 2.75) is 11.8 Å². The van der Waals surface area contributed by atoms with E-state index in [0.29, 0.717) is 5.02 Å². The van der Waals surface area contributed by atoms with Gasteiger partial charge in [-0.05, 0) is 12.1 Å². The van der Waals surface area contributed by atoms with E-state index in [-0.39, 0.29) is 5.12 Å². The van der Waals surface area contributed by atoms with Gasteiger partial charge in [-0.25, -0.2) is 0 Å². The van der Waals surface area contributed by atoms with E-state index in [1.165, 1.54) is 6.92 Å². The van der Waals surface area contributed by atoms with Gasteiger partial charge in [-0.15, -0.1) is 0 Å². The Morgan fingerprint density at radius 3 is 2.64 bits per heavy atom. The predicted molar refractivity (Wildman–Crippen MR) is 48.0 cm³/mol. The van der Waals surface area contributed by atoms with Gasteiger partial charge < -0.3 is 0 Å². The number of thioether (sulfide) groups is 1. The molecular weight excluding hydrogens is 180 g/mol. The first-order chi connectivity index (χ1) is 5.20. The summed E-state index contributed by atoms with van der Waals surface area (Å²) >= 11 is 6.95. The van der Waals surface area contributed by atoms with E-state index < -0.39 is 0 Å². The average molecular weight is 187 g/mol. The molecule has 58 valence electrons. The molecule has 1 rings (SSSR count). The standard InChI is InChI=1S/C8H7ClOS/c1-6(10)11-8-5-3-2-4-7(8)9/h2-5H,1H3. The molecule has 0 aliphatic heterocycles. The third-order valence-corrected chi connectivity index (χ3v) is 2.40. The Morgan fingerprint density at radius 1 is 1.45 bits per heavy atom. The van der Waals surface area contributed by atoms with E-state index in [0.717, 1.165) is 16.7 Å². The summed E-state index contributed by atoms with van der Waals surface area (Å²) in [7, 11) is 0. The Bertz CT molecular complexity index is 273. The first-order valence-corrected chi connectivity index (χ1v) is 4.32. The van der Waals surface area contributed by atoms with Gasteiger partial charge >= 0.3 is 0 Å². The fraction of sp³-hybridized carbons (Fsp3) is 0.125. The van der Waals surface area contributed by atoms with Crippen molar-refractivity contribution in [1.29, 1.82) is 0 Å². The van der Waals surface area contributed by atoms with Crippen molar-refractivity contribution in [3.63, 3.8) is 0 Å². The van der Waals surface area contributed by atoms with E-state index in [2.05, 4.69) is 0 Å². The highest BCUT2D eigenvalue weighted by Gasteiger charge is 2.01. The van der Waals surface area contributed by atoms with Crippen LogP contribution in [0.5, 0.6) is 0 Å². The SMILES string of the molecule is CC(=O)Sc1ccccc1Cl. The molecule has 1 aromatic carbocycles. The normalized spacial score (nSPS) is 9.64. The van der Waals surface area contributed by atoms with Gasteiger partial charge in [0.2, 0.25) is 0 Å². The van der Waals surface area contributed by atoms with Gasteiger partial charge in [-0.3, -0.25) is 4.79 Å². The second kappa shape index (κ2) is 3.79. The van der Waals surface area contributed by atoms with Crippen LogP contribution in [-0.4, -0.2) is 5.12 Å². The van der Waals surface area contributed by atoms with Crippen LogP contribution in [-0.2, 0) is 4.79 Å². The summed E-state index contributed by atoms with van der Waals surface area (Å²) in [6, 6.07) is 7.30. The molecule has 1 aromatic rings. The summed E-state index contributed by atoms with van der Waals surface area (Å²) in [6.45, 7) is 1.52. The summed E-state index contributed by atoms with van der Waals surface area (Å²) in [5, 5.41) is 0.686. The summed E-state index contributed by atoms with van der Waals surface area (Å²) in [4.78, 5) is 11.5. The third-order valence-electron chi connectivity index (χ3n) is 1.09. The van der Waals surface area contributed by atoms with Gasteiger partial charge in [0, 0.05) is 11.8 Å². The zero-order valence-corrected chi connectivity index (χ0v) is 7.58. The molecule has 0 N–H and O–H groups in total. The highest BCUT2D eigenvalue weighted by atomic mass is 35.5. The van der Waals surface area contributed by atoms with Gasteiger partial charge in [0.05, 0.1) is 5.02 Å². The molecule has 0 atom stereocenters. The lowest BCUT2D eigenvalue weighted by molar-refractivity contribution is -0.109. The molecule has 0 saturated heterocycles. The molecule has 0 amide bonds. The Morgan fingerprint density at radius 2 is 2.09 bits per heavy atom. The number of rotatable bonds is 1. The largest absolute Gasteiger partial charge is 0.287 e. The molecule has 0 heterocycles. The maximum atomic E-state index is 10.7. The second-order valence-electron chi connectivity index (χ2n) is 2.02. The molecule has 0 bridgehead atoms. The van der Waals surface area contributed by atoms with Crippen LogP contribution in [0.2, 0.25) is 5.02 Å². The lowest BCUT2D eigenvalue weighted by Gasteiger charge is -1.97. The molecule has 0 unspecified atom stereocenters. The highest BCUT2D eigenvalue weighted by molar-refractivity contribution is 8.13. The summed E-state index contributed by atoms with van der Waals surface area (Å²) in [6.07, 6.45) is 0. The molecule has 3 heteroatoms. The third kappa shape index (κ3) is 2.56. The van der Waals surface area contributed by atoms with Crippen molar-refractivity contribution < 1.29 is 4.79 Å². The van der Waals surface area contributed by atoms with E-state index >= 15 is 0 Å². The van der Waals surface area contributed by atoms with Crippen molar-refractivity contribution in [1.82, 2.24) is 0 Å². The lowest BCUT2D eigenvalue weighted by atomic mass is 10.4. The van der Waals surface area contributed by atoms with Crippen LogP contribution in [0, 0.1) is 0 Å². The van der Waals surface area contributed by atoms with Gasteiger partial charge in [0.25, 0.3) is 0 Å². The summed E-state index contributed by atoms with van der Waals surface area (Å²) in [5.74, 6) is 0. The Labute approximate surface area is 74.7 Å². The number of halogens is 1. The Kier molecular flexibility index (Phi) is 2.97. The zero-order chi connectivity index (χ0) is 8.27. The number of carbonyl (C=O) groups excluding carboxylic acids is 1. The molecular formula is C8H7ClOS. The number of hydrogen-bond donors (Lipinski definition) is 0. The van der Waals surface area contributed by atoms with Crippen molar-refractivity contribution in [2.24, 2.45) is 0 Å². The minimum absolute atomic E-state index is 0.0538. The van der Waals surface area contributed by atoms with Crippen LogP contribution in [0.25, 0.3) is 0 Å². The molecule has 11 heavy (non-hydrogen) atoms. The molecule has 0 aromatic heterocycles. The van der Waals surface area contributed by atoms with Gasteiger partial charge in [-0.2, -0.15) is 0 Å². The number of hydrogen-bond acceptors (Lipinski definition) is 2. The Balaban J connectivity index is 2.86. The molecule has 1 nitrogen and oxygen atoms in total. The fourth-order valence-electron chi connectivity index (χ4n) is 0.682. The van der Waals surface area contributed by atoms with E-state index in [1.807, 2.05) is 18.2 Å². The van der Waals surface area contributed by atoms with Crippen LogP contribution in [0.3, 0.4) is 0 Å². The number of carbonyl (C=O) groups is 1. The van der Waals surface area contributed by atoms with E-state index in [4.69, 9.17) is 11.6 Å². The first kappa shape index (κ1) is 8.62. The minimum Gasteiger partial charge on any atom is -0.287 e. The lowest BCUT2D eigenvalue weighted by Crippen LogP contribution is -1.81. The smallest absolute Gasteiger partial charge is 0.190 e. The van der Waals surface area contributed by atoms with Gasteiger partial charge in [0.15, 0.2) is 5.12 Å². The predicted octanol–water partition coefficient (Wildman–Crippen LogP) is 2.98. The monoisotopic (exact) mass is 186 g/mol. The van der Waals surface area contributed by atoms with E-state index in [9.17, 15) is 4.79 Å². The topological polar surface area (TPSA) is 17.1 Å². The van der Waals surface area contributed by atoms with Crippen LogP contribution in [0.4, 0.5) is 0 Å². The second-order valence-corrected chi connectivity index (χ2v) is 3.65.